The van der Waals surface area contributed by atoms with Crippen molar-refractivity contribution in [3.05, 3.63) is 64.0 Å². The number of hydrogen-bond acceptors (Lipinski definition) is 6. The van der Waals surface area contributed by atoms with Gasteiger partial charge in [0.1, 0.15) is 18.1 Å². The van der Waals surface area contributed by atoms with E-state index in [0.717, 1.165) is 28.4 Å². The lowest BCUT2D eigenvalue weighted by atomic mass is 10.1. The summed E-state index contributed by atoms with van der Waals surface area (Å²) in [5, 5.41) is 4.59. The summed E-state index contributed by atoms with van der Waals surface area (Å²) >= 11 is 7.06. The lowest BCUT2D eigenvalue weighted by molar-refractivity contribution is 0.0479. The molecule has 0 aliphatic heterocycles. The summed E-state index contributed by atoms with van der Waals surface area (Å²) in [5.41, 5.74) is 2.01. The molecule has 3 rings (SSSR count). The highest BCUT2D eigenvalue weighted by molar-refractivity contribution is 7.08. The Labute approximate surface area is 148 Å². The van der Waals surface area contributed by atoms with Crippen molar-refractivity contribution in [1.82, 2.24) is 9.59 Å². The molecule has 3 aromatic rings. The molecule has 0 saturated heterocycles. The molecule has 0 N–H and O–H groups in total. The summed E-state index contributed by atoms with van der Waals surface area (Å²) in [6, 6.07) is 14.5. The predicted molar refractivity (Wildman–Crippen MR) is 92.5 cm³/mol. The second-order valence-corrected chi connectivity index (χ2v) is 6.01. The van der Waals surface area contributed by atoms with Gasteiger partial charge in [-0.2, -0.15) is 0 Å². The van der Waals surface area contributed by atoms with Gasteiger partial charge >= 0.3 is 5.97 Å². The first-order valence-electron chi connectivity index (χ1n) is 7.06. The largest absolute Gasteiger partial charge is 0.497 e. The van der Waals surface area contributed by atoms with Gasteiger partial charge in [0.2, 0.25) is 0 Å². The van der Waals surface area contributed by atoms with Crippen molar-refractivity contribution in [2.45, 2.75) is 6.61 Å². The van der Waals surface area contributed by atoms with E-state index in [2.05, 4.69) is 9.59 Å². The van der Waals surface area contributed by atoms with Gasteiger partial charge in [0.05, 0.1) is 7.11 Å². The van der Waals surface area contributed by atoms with E-state index >= 15 is 0 Å². The molecule has 0 radical (unpaired) electrons. The van der Waals surface area contributed by atoms with Crippen molar-refractivity contribution in [2.24, 2.45) is 0 Å². The predicted octanol–water partition coefficient (Wildman–Crippen LogP) is 4.22. The van der Waals surface area contributed by atoms with Crippen LogP contribution in [0, 0.1) is 0 Å². The van der Waals surface area contributed by atoms with Crippen LogP contribution < -0.4 is 4.74 Å². The van der Waals surface area contributed by atoms with Crippen LogP contribution in [0.3, 0.4) is 0 Å². The van der Waals surface area contributed by atoms with Crippen molar-refractivity contribution >= 4 is 29.1 Å². The third-order valence-electron chi connectivity index (χ3n) is 3.35. The van der Waals surface area contributed by atoms with Crippen molar-refractivity contribution in [2.75, 3.05) is 7.11 Å². The van der Waals surface area contributed by atoms with Crippen LogP contribution in [0.5, 0.6) is 5.75 Å². The van der Waals surface area contributed by atoms with Crippen LogP contribution in [0.4, 0.5) is 0 Å². The van der Waals surface area contributed by atoms with Crippen LogP contribution in [0.2, 0.25) is 5.02 Å². The van der Waals surface area contributed by atoms with Gasteiger partial charge in [-0.1, -0.05) is 34.3 Å². The summed E-state index contributed by atoms with van der Waals surface area (Å²) in [7, 11) is 1.59. The fraction of sp³-hybridized carbons (Fsp3) is 0.118. The molecular formula is C17H13ClN2O3S. The summed E-state index contributed by atoms with van der Waals surface area (Å²) < 4.78 is 14.3. The van der Waals surface area contributed by atoms with E-state index in [4.69, 9.17) is 21.1 Å². The monoisotopic (exact) mass is 360 g/mol. The SMILES string of the molecule is COc1ccc(-c2nnsc2C(=O)OCc2ccccc2Cl)cc1. The number of ether oxygens (including phenoxy) is 2. The number of halogens is 1. The molecule has 0 bridgehead atoms. The minimum atomic E-state index is -0.476. The van der Waals surface area contributed by atoms with Gasteiger partial charge in [0.15, 0.2) is 4.88 Å². The molecule has 24 heavy (non-hydrogen) atoms. The first-order chi connectivity index (χ1) is 11.7. The van der Waals surface area contributed by atoms with Crippen molar-refractivity contribution in [3.8, 4) is 17.0 Å². The van der Waals surface area contributed by atoms with Crippen LogP contribution in [0.15, 0.2) is 48.5 Å². The maximum atomic E-state index is 12.3. The zero-order chi connectivity index (χ0) is 16.9. The van der Waals surface area contributed by atoms with Gasteiger partial charge < -0.3 is 9.47 Å². The van der Waals surface area contributed by atoms with Crippen LogP contribution in [-0.4, -0.2) is 22.7 Å². The minimum absolute atomic E-state index is 0.0957. The van der Waals surface area contributed by atoms with Crippen LogP contribution in [0.1, 0.15) is 15.2 Å². The molecule has 122 valence electrons. The number of methoxy groups -OCH3 is 1. The number of nitrogens with zero attached hydrogens (tertiary/aromatic N) is 2. The quantitative estimate of drug-likeness (QED) is 0.637. The lowest BCUT2D eigenvalue weighted by Gasteiger charge is -2.06. The van der Waals surface area contributed by atoms with E-state index in [1.165, 1.54) is 0 Å². The molecule has 1 heterocycles. The van der Waals surface area contributed by atoms with E-state index in [9.17, 15) is 4.79 Å². The second-order valence-electron chi connectivity index (χ2n) is 4.85. The third kappa shape index (κ3) is 3.55. The molecule has 2 aromatic carbocycles. The molecular weight excluding hydrogens is 348 g/mol. The van der Waals surface area contributed by atoms with E-state index in [0.29, 0.717) is 15.6 Å². The van der Waals surface area contributed by atoms with E-state index in [-0.39, 0.29) is 6.61 Å². The third-order valence-corrected chi connectivity index (χ3v) is 4.43. The van der Waals surface area contributed by atoms with Crippen LogP contribution >= 0.6 is 23.1 Å². The molecule has 0 saturated carbocycles. The molecule has 0 amide bonds. The van der Waals surface area contributed by atoms with Crippen LogP contribution in [-0.2, 0) is 11.3 Å². The molecule has 1 aromatic heterocycles. The van der Waals surface area contributed by atoms with Crippen molar-refractivity contribution < 1.29 is 14.3 Å². The molecule has 0 unspecified atom stereocenters. The highest BCUT2D eigenvalue weighted by atomic mass is 35.5. The fourth-order valence-electron chi connectivity index (χ4n) is 2.09. The molecule has 0 fully saturated rings. The molecule has 5 nitrogen and oxygen atoms in total. The smallest absolute Gasteiger partial charge is 0.352 e. The first-order valence-corrected chi connectivity index (χ1v) is 8.21. The molecule has 0 aliphatic rings. The first kappa shape index (κ1) is 16.4. The number of carbonyl (C=O) groups is 1. The Hall–Kier alpha value is -2.44. The zero-order valence-corrected chi connectivity index (χ0v) is 14.3. The van der Waals surface area contributed by atoms with Gasteiger partial charge in [-0.15, -0.1) is 5.10 Å². The number of benzene rings is 2. The number of carbonyl (C=O) groups excluding carboxylic acids is 1. The number of esters is 1. The van der Waals surface area contributed by atoms with Gasteiger partial charge in [0.25, 0.3) is 0 Å². The molecule has 0 atom stereocenters. The van der Waals surface area contributed by atoms with Crippen molar-refractivity contribution in [3.63, 3.8) is 0 Å². The Kier molecular flexibility index (Phi) is 5.08. The summed E-state index contributed by atoms with van der Waals surface area (Å²) in [6.07, 6.45) is 0. The molecule has 7 heteroatoms. The Morgan fingerprint density at radius 1 is 1.17 bits per heavy atom. The highest BCUT2D eigenvalue weighted by Crippen LogP contribution is 2.27. The van der Waals surface area contributed by atoms with Crippen molar-refractivity contribution in [1.29, 1.82) is 0 Å². The van der Waals surface area contributed by atoms with E-state index < -0.39 is 5.97 Å². The number of rotatable bonds is 5. The Balaban J connectivity index is 1.76. The van der Waals surface area contributed by atoms with Gasteiger partial charge in [-0.3, -0.25) is 0 Å². The standard InChI is InChI=1S/C17H13ClN2O3S/c1-22-13-8-6-11(7-9-13)15-16(24-20-19-15)17(21)23-10-12-4-2-3-5-14(12)18/h2-9H,10H2,1H3. The number of hydrogen-bond donors (Lipinski definition) is 0. The van der Waals surface area contributed by atoms with Crippen LogP contribution in [0.25, 0.3) is 11.3 Å². The topological polar surface area (TPSA) is 61.3 Å². The summed E-state index contributed by atoms with van der Waals surface area (Å²) in [5.74, 6) is 0.250. The highest BCUT2D eigenvalue weighted by Gasteiger charge is 2.19. The molecule has 0 aliphatic carbocycles. The average Bonchev–Trinajstić information content (AvgIpc) is 3.10. The summed E-state index contributed by atoms with van der Waals surface area (Å²) in [4.78, 5) is 12.7. The van der Waals surface area contributed by atoms with Gasteiger partial charge in [-0.25, -0.2) is 4.79 Å². The second kappa shape index (κ2) is 7.42. The molecule has 0 spiro atoms. The van der Waals surface area contributed by atoms with Gasteiger partial charge in [0, 0.05) is 16.1 Å². The Morgan fingerprint density at radius 2 is 1.92 bits per heavy atom. The minimum Gasteiger partial charge on any atom is -0.497 e. The summed E-state index contributed by atoms with van der Waals surface area (Å²) in [6.45, 7) is 0.0957. The Bertz CT molecular complexity index is 849. The zero-order valence-electron chi connectivity index (χ0n) is 12.7. The Morgan fingerprint density at radius 3 is 2.62 bits per heavy atom. The van der Waals surface area contributed by atoms with Gasteiger partial charge in [-0.05, 0) is 41.9 Å². The number of aromatic nitrogens is 2. The maximum Gasteiger partial charge on any atom is 0.352 e. The average molecular weight is 361 g/mol. The normalized spacial score (nSPS) is 10.4. The lowest BCUT2D eigenvalue weighted by Crippen LogP contribution is -2.05. The van der Waals surface area contributed by atoms with E-state index in [1.54, 1.807) is 25.3 Å². The fourth-order valence-corrected chi connectivity index (χ4v) is 2.86. The maximum absolute atomic E-state index is 12.3. The van der Waals surface area contributed by atoms with E-state index in [1.807, 2.05) is 30.3 Å².